The quantitative estimate of drug-likeness (QED) is 0.739. The summed E-state index contributed by atoms with van der Waals surface area (Å²) in [5, 5.41) is 4.88. The first-order valence-corrected chi connectivity index (χ1v) is 7.93. The van der Waals surface area contributed by atoms with Crippen molar-refractivity contribution in [2.24, 2.45) is 0 Å². The Labute approximate surface area is 138 Å². The van der Waals surface area contributed by atoms with Gasteiger partial charge in [0, 0.05) is 20.6 Å². The van der Waals surface area contributed by atoms with Crippen LogP contribution < -0.4 is 5.32 Å². The molecule has 0 saturated carbocycles. The average Bonchev–Trinajstić information content (AvgIpc) is 2.36. The Balaban J connectivity index is 2.28. The molecule has 0 aromatic heterocycles. The molecule has 0 amide bonds. The van der Waals surface area contributed by atoms with Crippen molar-refractivity contribution in [3.05, 3.63) is 67.6 Å². The number of halogens is 3. The largest absolute Gasteiger partial charge is 0.313 e. The molecule has 0 aliphatic carbocycles. The van der Waals surface area contributed by atoms with E-state index in [2.05, 4.69) is 34.2 Å². The first kappa shape index (κ1) is 15.8. The van der Waals surface area contributed by atoms with E-state index >= 15 is 0 Å². The van der Waals surface area contributed by atoms with Crippen molar-refractivity contribution >= 4 is 39.1 Å². The van der Waals surface area contributed by atoms with Crippen LogP contribution in [0, 0.1) is 6.92 Å². The van der Waals surface area contributed by atoms with Crippen molar-refractivity contribution in [2.45, 2.75) is 19.4 Å². The van der Waals surface area contributed by atoms with Crippen molar-refractivity contribution in [3.8, 4) is 0 Å². The molecule has 106 valence electrons. The molecule has 1 atom stereocenters. The lowest BCUT2D eigenvalue weighted by atomic mass is 9.97. The Morgan fingerprint density at radius 1 is 1.15 bits per heavy atom. The molecular weight excluding hydrogens is 357 g/mol. The summed E-state index contributed by atoms with van der Waals surface area (Å²) in [6.07, 6.45) is 0.822. The lowest BCUT2D eigenvalue weighted by Gasteiger charge is -2.18. The Morgan fingerprint density at radius 3 is 2.50 bits per heavy atom. The van der Waals surface area contributed by atoms with Gasteiger partial charge in [-0.05, 0) is 61.3 Å². The van der Waals surface area contributed by atoms with E-state index in [9.17, 15) is 0 Å². The predicted octanol–water partition coefficient (Wildman–Crippen LogP) is 5.57. The molecule has 0 radical (unpaired) electrons. The summed E-state index contributed by atoms with van der Waals surface area (Å²) in [7, 11) is 1.95. The first-order chi connectivity index (χ1) is 9.49. The molecule has 2 rings (SSSR count). The second kappa shape index (κ2) is 6.95. The lowest BCUT2D eigenvalue weighted by molar-refractivity contribution is 0.592. The van der Waals surface area contributed by atoms with Gasteiger partial charge in [0.15, 0.2) is 0 Å². The molecule has 2 aromatic carbocycles. The minimum atomic E-state index is 0.186. The van der Waals surface area contributed by atoms with Crippen LogP contribution >= 0.6 is 39.1 Å². The lowest BCUT2D eigenvalue weighted by Crippen LogP contribution is -2.19. The van der Waals surface area contributed by atoms with E-state index in [0.29, 0.717) is 0 Å². The molecule has 0 aliphatic heterocycles. The molecule has 0 spiro atoms. The van der Waals surface area contributed by atoms with E-state index in [1.54, 1.807) is 0 Å². The molecule has 4 heteroatoms. The monoisotopic (exact) mass is 371 g/mol. The van der Waals surface area contributed by atoms with Gasteiger partial charge in [-0.3, -0.25) is 0 Å². The maximum atomic E-state index is 6.30. The molecular formula is C16H16BrCl2N. The van der Waals surface area contributed by atoms with Crippen molar-refractivity contribution in [3.63, 3.8) is 0 Å². The van der Waals surface area contributed by atoms with Crippen LogP contribution in [0.3, 0.4) is 0 Å². The number of benzene rings is 2. The molecule has 20 heavy (non-hydrogen) atoms. The van der Waals surface area contributed by atoms with E-state index in [1.165, 1.54) is 5.56 Å². The summed E-state index contributed by atoms with van der Waals surface area (Å²) < 4.78 is 0.992. The number of hydrogen-bond donors (Lipinski definition) is 1. The summed E-state index contributed by atoms with van der Waals surface area (Å²) in [5.74, 6) is 0. The van der Waals surface area contributed by atoms with Gasteiger partial charge in [0.1, 0.15) is 0 Å². The van der Waals surface area contributed by atoms with E-state index in [-0.39, 0.29) is 6.04 Å². The van der Waals surface area contributed by atoms with Crippen LogP contribution in [-0.4, -0.2) is 7.05 Å². The van der Waals surface area contributed by atoms with Crippen LogP contribution in [0.25, 0.3) is 0 Å². The van der Waals surface area contributed by atoms with Gasteiger partial charge in [-0.1, -0.05) is 51.3 Å². The number of aryl methyl sites for hydroxylation is 1. The van der Waals surface area contributed by atoms with Gasteiger partial charge in [0.25, 0.3) is 0 Å². The van der Waals surface area contributed by atoms with Gasteiger partial charge >= 0.3 is 0 Å². The fraction of sp³-hybridized carbons (Fsp3) is 0.250. The second-order valence-corrected chi connectivity index (χ2v) is 6.60. The summed E-state index contributed by atoms with van der Waals surface area (Å²) in [6.45, 7) is 2.05. The summed E-state index contributed by atoms with van der Waals surface area (Å²) >= 11 is 15.9. The SMILES string of the molecule is CNC(Cc1ccc(Br)cc1Cl)c1cc(C)cc(Cl)c1. The van der Waals surface area contributed by atoms with Crippen LogP contribution in [-0.2, 0) is 6.42 Å². The fourth-order valence-electron chi connectivity index (χ4n) is 2.26. The zero-order valence-electron chi connectivity index (χ0n) is 11.4. The number of rotatable bonds is 4. The van der Waals surface area contributed by atoms with Crippen molar-refractivity contribution in [1.29, 1.82) is 0 Å². The Bertz CT molecular complexity index is 593. The average molecular weight is 373 g/mol. The fourth-order valence-corrected chi connectivity index (χ4v) is 3.31. The van der Waals surface area contributed by atoms with Gasteiger partial charge in [-0.15, -0.1) is 0 Å². The van der Waals surface area contributed by atoms with Crippen molar-refractivity contribution in [1.82, 2.24) is 5.32 Å². The van der Waals surface area contributed by atoms with E-state index < -0.39 is 0 Å². The standard InChI is InChI=1S/C16H16BrCl2N/c1-10-5-12(7-14(18)6-10)16(20-2)8-11-3-4-13(17)9-15(11)19/h3-7,9,16,20H,8H2,1-2H3. The summed E-state index contributed by atoms with van der Waals surface area (Å²) in [4.78, 5) is 0. The van der Waals surface area contributed by atoms with E-state index in [0.717, 1.165) is 32.1 Å². The Morgan fingerprint density at radius 2 is 1.90 bits per heavy atom. The van der Waals surface area contributed by atoms with Gasteiger partial charge in [0.05, 0.1) is 0 Å². The van der Waals surface area contributed by atoms with Crippen LogP contribution in [0.2, 0.25) is 10.0 Å². The molecule has 1 N–H and O–H groups in total. The third-order valence-electron chi connectivity index (χ3n) is 3.25. The van der Waals surface area contributed by atoms with Gasteiger partial charge in [-0.25, -0.2) is 0 Å². The third kappa shape index (κ3) is 3.98. The maximum absolute atomic E-state index is 6.30. The maximum Gasteiger partial charge on any atom is 0.0449 e. The van der Waals surface area contributed by atoms with Crippen LogP contribution in [0.15, 0.2) is 40.9 Å². The molecule has 0 fully saturated rings. The van der Waals surface area contributed by atoms with Crippen LogP contribution in [0.5, 0.6) is 0 Å². The zero-order chi connectivity index (χ0) is 14.7. The zero-order valence-corrected chi connectivity index (χ0v) is 14.5. The molecule has 2 aromatic rings. The molecule has 0 bridgehead atoms. The predicted molar refractivity (Wildman–Crippen MR) is 90.8 cm³/mol. The van der Waals surface area contributed by atoms with Gasteiger partial charge < -0.3 is 5.32 Å². The molecule has 0 heterocycles. The minimum absolute atomic E-state index is 0.186. The number of hydrogen-bond acceptors (Lipinski definition) is 1. The van der Waals surface area contributed by atoms with Crippen LogP contribution in [0.4, 0.5) is 0 Å². The number of likely N-dealkylation sites (N-methyl/N-ethyl adjacent to an activating group) is 1. The molecule has 0 aliphatic rings. The topological polar surface area (TPSA) is 12.0 Å². The third-order valence-corrected chi connectivity index (χ3v) is 4.32. The van der Waals surface area contributed by atoms with Gasteiger partial charge in [-0.2, -0.15) is 0 Å². The molecule has 1 unspecified atom stereocenters. The van der Waals surface area contributed by atoms with Crippen molar-refractivity contribution < 1.29 is 0 Å². The van der Waals surface area contributed by atoms with Crippen LogP contribution in [0.1, 0.15) is 22.7 Å². The number of nitrogens with one attached hydrogen (secondary N) is 1. The summed E-state index contributed by atoms with van der Waals surface area (Å²) in [6, 6.07) is 12.3. The highest BCUT2D eigenvalue weighted by molar-refractivity contribution is 9.10. The minimum Gasteiger partial charge on any atom is -0.313 e. The Hall–Kier alpha value is -0.540. The highest BCUT2D eigenvalue weighted by atomic mass is 79.9. The smallest absolute Gasteiger partial charge is 0.0449 e. The Kier molecular flexibility index (Phi) is 5.50. The first-order valence-electron chi connectivity index (χ1n) is 6.38. The highest BCUT2D eigenvalue weighted by Crippen LogP contribution is 2.28. The normalized spacial score (nSPS) is 12.4. The van der Waals surface area contributed by atoms with Gasteiger partial charge in [0.2, 0.25) is 0 Å². The van der Waals surface area contributed by atoms with E-state index in [1.807, 2.05) is 37.4 Å². The molecule has 0 saturated heterocycles. The second-order valence-electron chi connectivity index (χ2n) is 4.84. The van der Waals surface area contributed by atoms with E-state index in [4.69, 9.17) is 23.2 Å². The highest BCUT2D eigenvalue weighted by Gasteiger charge is 2.13. The molecule has 1 nitrogen and oxygen atoms in total. The van der Waals surface area contributed by atoms with Crippen molar-refractivity contribution in [2.75, 3.05) is 7.05 Å². The summed E-state index contributed by atoms with van der Waals surface area (Å²) in [5.41, 5.74) is 3.46.